The maximum atomic E-state index is 10.7. The Kier molecular flexibility index (Phi) is 5.78. The van der Waals surface area contributed by atoms with Crippen molar-refractivity contribution in [3.8, 4) is 0 Å². The van der Waals surface area contributed by atoms with Crippen LogP contribution in [0, 0.1) is 0 Å². The predicted molar refractivity (Wildman–Crippen MR) is 40.9 cm³/mol. The van der Waals surface area contributed by atoms with Gasteiger partial charge in [-0.25, -0.2) is 0 Å². The molecule has 0 aliphatic carbocycles. The quantitative estimate of drug-likeness (QED) is 0.540. The Hall–Kier alpha value is -0.610. The van der Waals surface area contributed by atoms with Gasteiger partial charge in [-0.1, -0.05) is 0 Å². The van der Waals surface area contributed by atoms with Crippen molar-refractivity contribution in [2.24, 2.45) is 5.73 Å². The molecule has 0 saturated heterocycles. The smallest absolute Gasteiger partial charge is 0.308 e. The van der Waals surface area contributed by atoms with Crippen LogP contribution in [0.5, 0.6) is 0 Å². The number of carbonyl (C=O) groups excluding carboxylic acids is 1. The highest BCUT2D eigenvalue weighted by molar-refractivity contribution is 5.69. The third-order valence-electron chi connectivity index (χ3n) is 1.21. The third-order valence-corrected chi connectivity index (χ3v) is 1.21. The van der Waals surface area contributed by atoms with E-state index in [-0.39, 0.29) is 12.4 Å². The Labute approximate surface area is 66.3 Å². The number of aliphatic hydroxyl groups excluding tert-OH is 1. The summed E-state index contributed by atoms with van der Waals surface area (Å²) in [6.45, 7) is 2.47. The molecule has 0 aliphatic rings. The molecule has 0 spiro atoms. The monoisotopic (exact) mass is 161 g/mol. The van der Waals surface area contributed by atoms with E-state index in [2.05, 4.69) is 4.74 Å². The Morgan fingerprint density at radius 2 is 2.36 bits per heavy atom. The molecule has 0 radical (unpaired) electrons. The first-order chi connectivity index (χ1) is 5.20. The van der Waals surface area contributed by atoms with E-state index in [1.807, 2.05) is 0 Å². The van der Waals surface area contributed by atoms with E-state index in [1.165, 1.54) is 0 Å². The van der Waals surface area contributed by atoms with Crippen LogP contribution in [0.25, 0.3) is 0 Å². The minimum Gasteiger partial charge on any atom is -0.466 e. The van der Waals surface area contributed by atoms with Crippen LogP contribution in [-0.2, 0) is 9.53 Å². The number of nitrogens with two attached hydrogens (primary N) is 1. The fourth-order valence-corrected chi connectivity index (χ4v) is 0.707. The van der Waals surface area contributed by atoms with Crippen molar-refractivity contribution in [3.63, 3.8) is 0 Å². The van der Waals surface area contributed by atoms with Crippen LogP contribution < -0.4 is 5.73 Å². The van der Waals surface area contributed by atoms with Gasteiger partial charge in [-0.05, 0) is 19.9 Å². The summed E-state index contributed by atoms with van der Waals surface area (Å²) in [6, 6.07) is 0. The van der Waals surface area contributed by atoms with Crippen LogP contribution in [0.1, 0.15) is 19.8 Å². The van der Waals surface area contributed by atoms with Crippen LogP contribution in [0.3, 0.4) is 0 Å². The van der Waals surface area contributed by atoms with E-state index >= 15 is 0 Å². The first-order valence-electron chi connectivity index (χ1n) is 3.74. The van der Waals surface area contributed by atoms with Crippen molar-refractivity contribution in [1.82, 2.24) is 0 Å². The fourth-order valence-electron chi connectivity index (χ4n) is 0.707. The number of aliphatic hydroxyl groups is 1. The number of hydrogen-bond donors (Lipinski definition) is 2. The molecule has 1 atom stereocenters. The van der Waals surface area contributed by atoms with Crippen molar-refractivity contribution < 1.29 is 14.6 Å². The van der Waals surface area contributed by atoms with E-state index in [0.717, 1.165) is 0 Å². The van der Waals surface area contributed by atoms with Crippen molar-refractivity contribution in [1.29, 1.82) is 0 Å². The second-order valence-electron chi connectivity index (χ2n) is 2.24. The second-order valence-corrected chi connectivity index (χ2v) is 2.24. The third kappa shape index (κ3) is 5.82. The normalized spacial score (nSPS) is 12.6. The van der Waals surface area contributed by atoms with Crippen LogP contribution in [-0.4, -0.2) is 30.3 Å². The Morgan fingerprint density at radius 3 is 2.82 bits per heavy atom. The first kappa shape index (κ1) is 10.4. The van der Waals surface area contributed by atoms with Crippen LogP contribution in [0.2, 0.25) is 0 Å². The zero-order valence-electron chi connectivity index (χ0n) is 6.75. The summed E-state index contributed by atoms with van der Waals surface area (Å²) in [6.07, 6.45) is -0.164. The van der Waals surface area contributed by atoms with E-state index in [0.29, 0.717) is 19.6 Å². The molecule has 0 rings (SSSR count). The zero-order chi connectivity index (χ0) is 8.69. The molecule has 0 bridgehead atoms. The Balaban J connectivity index is 3.40. The highest BCUT2D eigenvalue weighted by Crippen LogP contribution is 1.97. The summed E-state index contributed by atoms with van der Waals surface area (Å²) >= 11 is 0. The number of ether oxygens (including phenoxy) is 1. The predicted octanol–water partition coefficient (Wildman–Crippen LogP) is -0.351. The molecule has 0 saturated carbocycles. The summed E-state index contributed by atoms with van der Waals surface area (Å²) in [5.41, 5.74) is 5.17. The molecule has 0 aromatic carbocycles. The molecule has 0 aromatic rings. The lowest BCUT2D eigenvalue weighted by Gasteiger charge is -2.07. The van der Waals surface area contributed by atoms with Crippen molar-refractivity contribution >= 4 is 5.97 Å². The molecule has 0 aromatic heterocycles. The number of hydrogen-bond acceptors (Lipinski definition) is 4. The molecule has 66 valence electrons. The number of rotatable bonds is 5. The van der Waals surface area contributed by atoms with Gasteiger partial charge in [0, 0.05) is 0 Å². The largest absolute Gasteiger partial charge is 0.466 e. The summed E-state index contributed by atoms with van der Waals surface area (Å²) in [5.74, 6) is -0.367. The minimum atomic E-state index is -0.654. The maximum Gasteiger partial charge on any atom is 0.308 e. The average Bonchev–Trinajstić information content (AvgIpc) is 1.87. The molecule has 4 heteroatoms. The molecular weight excluding hydrogens is 146 g/mol. The summed E-state index contributed by atoms with van der Waals surface area (Å²) in [7, 11) is 0. The SMILES string of the molecule is CCOC(=O)CC(O)CCN. The lowest BCUT2D eigenvalue weighted by atomic mass is 10.2. The topological polar surface area (TPSA) is 72.5 Å². The lowest BCUT2D eigenvalue weighted by Crippen LogP contribution is -2.19. The molecular formula is C7H15NO3. The van der Waals surface area contributed by atoms with Crippen molar-refractivity contribution in [2.75, 3.05) is 13.2 Å². The number of carbonyl (C=O) groups is 1. The van der Waals surface area contributed by atoms with Gasteiger partial charge in [0.25, 0.3) is 0 Å². The van der Waals surface area contributed by atoms with Gasteiger partial charge in [0.2, 0.25) is 0 Å². The molecule has 0 heterocycles. The molecule has 3 N–H and O–H groups in total. The van der Waals surface area contributed by atoms with E-state index in [1.54, 1.807) is 6.92 Å². The summed E-state index contributed by atoms with van der Waals surface area (Å²) in [5, 5.41) is 9.07. The molecule has 0 fully saturated rings. The van der Waals surface area contributed by atoms with Gasteiger partial charge in [0.05, 0.1) is 19.1 Å². The summed E-state index contributed by atoms with van der Waals surface area (Å²) < 4.78 is 4.62. The lowest BCUT2D eigenvalue weighted by molar-refractivity contribution is -0.145. The van der Waals surface area contributed by atoms with Crippen molar-refractivity contribution in [3.05, 3.63) is 0 Å². The highest BCUT2D eigenvalue weighted by atomic mass is 16.5. The van der Waals surface area contributed by atoms with Crippen LogP contribution in [0.4, 0.5) is 0 Å². The highest BCUT2D eigenvalue weighted by Gasteiger charge is 2.09. The molecule has 1 unspecified atom stereocenters. The molecule has 0 amide bonds. The van der Waals surface area contributed by atoms with Gasteiger partial charge in [-0.15, -0.1) is 0 Å². The standard InChI is InChI=1S/C7H15NO3/c1-2-11-7(10)5-6(9)3-4-8/h6,9H,2-5,8H2,1H3. The van der Waals surface area contributed by atoms with Gasteiger partial charge in [0.15, 0.2) is 0 Å². The average molecular weight is 161 g/mol. The van der Waals surface area contributed by atoms with Gasteiger partial charge in [-0.2, -0.15) is 0 Å². The van der Waals surface area contributed by atoms with E-state index < -0.39 is 6.10 Å². The first-order valence-corrected chi connectivity index (χ1v) is 3.74. The van der Waals surface area contributed by atoms with Crippen molar-refractivity contribution in [2.45, 2.75) is 25.9 Å². The second kappa shape index (κ2) is 6.12. The summed E-state index contributed by atoms with van der Waals surface area (Å²) in [4.78, 5) is 10.7. The molecule has 11 heavy (non-hydrogen) atoms. The minimum absolute atomic E-state index is 0.0467. The van der Waals surface area contributed by atoms with Gasteiger partial charge in [0.1, 0.15) is 0 Å². The van der Waals surface area contributed by atoms with Gasteiger partial charge >= 0.3 is 5.97 Å². The Morgan fingerprint density at radius 1 is 1.73 bits per heavy atom. The molecule has 0 aliphatic heterocycles. The van der Waals surface area contributed by atoms with Crippen LogP contribution in [0.15, 0.2) is 0 Å². The maximum absolute atomic E-state index is 10.7. The zero-order valence-corrected chi connectivity index (χ0v) is 6.75. The van der Waals surface area contributed by atoms with Crippen LogP contribution >= 0.6 is 0 Å². The van der Waals surface area contributed by atoms with E-state index in [9.17, 15) is 4.79 Å². The van der Waals surface area contributed by atoms with Gasteiger partial charge in [-0.3, -0.25) is 4.79 Å². The van der Waals surface area contributed by atoms with E-state index in [4.69, 9.17) is 10.8 Å². The molecule has 4 nitrogen and oxygen atoms in total. The fraction of sp³-hybridized carbons (Fsp3) is 0.857. The van der Waals surface area contributed by atoms with Gasteiger partial charge < -0.3 is 15.6 Å². The Bertz CT molecular complexity index is 116. The number of esters is 1.